The van der Waals surface area contributed by atoms with E-state index >= 15 is 0 Å². The van der Waals surface area contributed by atoms with Gasteiger partial charge in [-0.15, -0.1) is 11.3 Å². The summed E-state index contributed by atoms with van der Waals surface area (Å²) in [6.07, 6.45) is 0. The fourth-order valence-electron chi connectivity index (χ4n) is 3.01. The normalized spacial score (nSPS) is 11.9. The molecule has 140 valence electrons. The molecule has 26 heavy (non-hydrogen) atoms. The van der Waals surface area contributed by atoms with E-state index < -0.39 is 12.0 Å². The lowest BCUT2D eigenvalue weighted by molar-refractivity contribution is 0.0519. The van der Waals surface area contributed by atoms with E-state index in [9.17, 15) is 14.4 Å². The van der Waals surface area contributed by atoms with Gasteiger partial charge < -0.3 is 14.6 Å². The standard InChI is InChI=1S/C19H24N2O4S/c1-6-21(18(23)14-9-8-10-26-14)13(5)17(22)15-11(3)16(20-12(15)4)19(24)25-7-2/h8-10,13,20H,6-7H2,1-5H3. The first-order valence-electron chi connectivity index (χ1n) is 8.58. The van der Waals surface area contributed by atoms with E-state index in [2.05, 4.69) is 4.98 Å². The van der Waals surface area contributed by atoms with Crippen LogP contribution in [0.3, 0.4) is 0 Å². The zero-order chi connectivity index (χ0) is 19.4. The summed E-state index contributed by atoms with van der Waals surface area (Å²) in [5.74, 6) is -0.847. The quantitative estimate of drug-likeness (QED) is 0.591. The molecular formula is C19H24N2O4S. The molecule has 1 amide bonds. The number of likely N-dealkylation sites (N-methyl/N-ethyl adjacent to an activating group) is 1. The number of aromatic amines is 1. The molecule has 2 rings (SSSR count). The van der Waals surface area contributed by atoms with E-state index in [1.54, 1.807) is 38.7 Å². The summed E-state index contributed by atoms with van der Waals surface area (Å²) in [5.41, 5.74) is 1.88. The Bertz CT molecular complexity index is 808. The molecule has 0 spiro atoms. The molecule has 0 bridgehead atoms. The molecule has 0 aliphatic heterocycles. The molecule has 2 aromatic rings. The van der Waals surface area contributed by atoms with Crippen LogP contribution < -0.4 is 0 Å². The third-order valence-corrected chi connectivity index (χ3v) is 5.20. The van der Waals surface area contributed by atoms with Gasteiger partial charge in [-0.2, -0.15) is 0 Å². The van der Waals surface area contributed by atoms with E-state index in [1.807, 2.05) is 18.4 Å². The van der Waals surface area contributed by atoms with Crippen molar-refractivity contribution in [1.29, 1.82) is 0 Å². The number of ketones is 1. The number of carbonyl (C=O) groups is 3. The predicted octanol–water partition coefficient (Wildman–Crippen LogP) is 3.60. The molecule has 0 saturated carbocycles. The second kappa shape index (κ2) is 8.31. The maximum Gasteiger partial charge on any atom is 0.355 e. The minimum atomic E-state index is -0.641. The maximum atomic E-state index is 13.1. The third-order valence-electron chi connectivity index (χ3n) is 4.34. The van der Waals surface area contributed by atoms with Crippen molar-refractivity contribution in [3.63, 3.8) is 0 Å². The second-order valence-electron chi connectivity index (χ2n) is 5.95. The second-order valence-corrected chi connectivity index (χ2v) is 6.90. The summed E-state index contributed by atoms with van der Waals surface area (Å²) in [6, 6.07) is 2.92. The van der Waals surface area contributed by atoms with Gasteiger partial charge in [0, 0.05) is 17.8 Å². The summed E-state index contributed by atoms with van der Waals surface area (Å²) in [6.45, 7) is 9.42. The molecule has 0 radical (unpaired) electrons. The van der Waals surface area contributed by atoms with Gasteiger partial charge >= 0.3 is 5.97 Å². The van der Waals surface area contributed by atoms with Crippen LogP contribution in [0.25, 0.3) is 0 Å². The molecule has 2 aromatic heterocycles. The Morgan fingerprint density at radius 3 is 2.50 bits per heavy atom. The van der Waals surface area contributed by atoms with E-state index in [4.69, 9.17) is 4.74 Å². The number of thiophene rings is 1. The monoisotopic (exact) mass is 376 g/mol. The van der Waals surface area contributed by atoms with Gasteiger partial charge in [-0.3, -0.25) is 9.59 Å². The first kappa shape index (κ1) is 19.9. The minimum absolute atomic E-state index is 0.167. The van der Waals surface area contributed by atoms with Crippen LogP contribution in [0.5, 0.6) is 0 Å². The van der Waals surface area contributed by atoms with Crippen molar-refractivity contribution >= 4 is 29.0 Å². The van der Waals surface area contributed by atoms with Gasteiger partial charge in [-0.05, 0) is 51.6 Å². The number of nitrogens with zero attached hydrogens (tertiary/aromatic N) is 1. The van der Waals surface area contributed by atoms with Crippen LogP contribution in [0.4, 0.5) is 0 Å². The molecule has 1 unspecified atom stereocenters. The number of amides is 1. The first-order chi connectivity index (χ1) is 12.3. The van der Waals surface area contributed by atoms with Crippen molar-refractivity contribution in [2.75, 3.05) is 13.2 Å². The van der Waals surface area contributed by atoms with Crippen molar-refractivity contribution in [3.8, 4) is 0 Å². The molecule has 1 atom stereocenters. The molecule has 1 N–H and O–H groups in total. The molecule has 7 heteroatoms. The summed E-state index contributed by atoms with van der Waals surface area (Å²) < 4.78 is 5.03. The topological polar surface area (TPSA) is 79.5 Å². The zero-order valence-electron chi connectivity index (χ0n) is 15.7. The van der Waals surface area contributed by atoms with Gasteiger partial charge in [0.05, 0.1) is 17.5 Å². The van der Waals surface area contributed by atoms with E-state index in [-0.39, 0.29) is 24.0 Å². The van der Waals surface area contributed by atoms with E-state index in [1.165, 1.54) is 11.3 Å². The van der Waals surface area contributed by atoms with E-state index in [0.29, 0.717) is 28.2 Å². The Balaban J connectivity index is 2.32. The van der Waals surface area contributed by atoms with Gasteiger partial charge in [0.15, 0.2) is 5.78 Å². The number of H-pyrrole nitrogens is 1. The number of nitrogens with one attached hydrogen (secondary N) is 1. The Labute approximate surface area is 157 Å². The summed E-state index contributed by atoms with van der Waals surface area (Å²) in [5, 5.41) is 1.83. The largest absolute Gasteiger partial charge is 0.461 e. The maximum absolute atomic E-state index is 13.1. The van der Waals surface area contributed by atoms with Gasteiger partial charge in [-0.25, -0.2) is 4.79 Å². The number of ether oxygens (including phenoxy) is 1. The van der Waals surface area contributed by atoms with Crippen molar-refractivity contribution in [2.45, 2.75) is 40.7 Å². The van der Waals surface area contributed by atoms with Gasteiger partial charge in [0.2, 0.25) is 0 Å². The van der Waals surface area contributed by atoms with Crippen LogP contribution in [0, 0.1) is 13.8 Å². The number of carbonyl (C=O) groups excluding carboxylic acids is 3. The average Bonchev–Trinajstić information content (AvgIpc) is 3.23. The Hall–Kier alpha value is -2.41. The van der Waals surface area contributed by atoms with Crippen LogP contribution in [0.2, 0.25) is 0 Å². The lowest BCUT2D eigenvalue weighted by Gasteiger charge is -2.27. The molecule has 0 aliphatic rings. The molecule has 2 heterocycles. The molecule has 0 aromatic carbocycles. The molecular weight excluding hydrogens is 352 g/mol. The molecule has 6 nitrogen and oxygen atoms in total. The molecule has 0 fully saturated rings. The minimum Gasteiger partial charge on any atom is -0.461 e. The summed E-state index contributed by atoms with van der Waals surface area (Å²) in [4.78, 5) is 42.9. The Kier molecular flexibility index (Phi) is 6.37. The predicted molar refractivity (Wildman–Crippen MR) is 101 cm³/mol. The number of hydrogen-bond acceptors (Lipinski definition) is 5. The van der Waals surface area contributed by atoms with Gasteiger partial charge in [0.1, 0.15) is 5.69 Å². The van der Waals surface area contributed by atoms with Gasteiger partial charge in [-0.1, -0.05) is 6.07 Å². The molecule has 0 aliphatic carbocycles. The third kappa shape index (κ3) is 3.72. The van der Waals surface area contributed by atoms with Crippen LogP contribution in [0.15, 0.2) is 17.5 Å². The number of aryl methyl sites for hydroxylation is 1. The zero-order valence-corrected chi connectivity index (χ0v) is 16.5. The highest BCUT2D eigenvalue weighted by atomic mass is 32.1. The van der Waals surface area contributed by atoms with Crippen LogP contribution >= 0.6 is 11.3 Å². The number of Topliss-reactive ketones (excluding diaryl/α,β-unsaturated/α-hetero) is 1. The average molecular weight is 376 g/mol. The van der Waals surface area contributed by atoms with Crippen molar-refractivity contribution in [3.05, 3.63) is 44.9 Å². The van der Waals surface area contributed by atoms with Crippen LogP contribution in [-0.4, -0.2) is 46.7 Å². The lowest BCUT2D eigenvalue weighted by Crippen LogP contribution is -2.43. The number of aromatic nitrogens is 1. The first-order valence-corrected chi connectivity index (χ1v) is 9.46. The highest BCUT2D eigenvalue weighted by Crippen LogP contribution is 2.23. The number of esters is 1. The van der Waals surface area contributed by atoms with Crippen molar-refractivity contribution < 1.29 is 19.1 Å². The highest BCUT2D eigenvalue weighted by Gasteiger charge is 2.31. The number of rotatable bonds is 7. The summed E-state index contributed by atoms with van der Waals surface area (Å²) >= 11 is 1.35. The Morgan fingerprint density at radius 1 is 1.27 bits per heavy atom. The highest BCUT2D eigenvalue weighted by molar-refractivity contribution is 7.12. The van der Waals surface area contributed by atoms with Crippen molar-refractivity contribution in [1.82, 2.24) is 9.88 Å². The lowest BCUT2D eigenvalue weighted by atomic mass is 9.99. The fourth-order valence-corrected chi connectivity index (χ4v) is 3.69. The SMILES string of the molecule is CCOC(=O)c1[nH]c(C)c(C(=O)C(C)N(CC)C(=O)c2cccs2)c1C. The smallest absolute Gasteiger partial charge is 0.355 e. The van der Waals surface area contributed by atoms with Crippen LogP contribution in [-0.2, 0) is 4.74 Å². The molecule has 0 saturated heterocycles. The van der Waals surface area contributed by atoms with E-state index in [0.717, 1.165) is 0 Å². The van der Waals surface area contributed by atoms with Crippen LogP contribution in [0.1, 0.15) is 62.5 Å². The summed E-state index contributed by atoms with van der Waals surface area (Å²) in [7, 11) is 0. The van der Waals surface area contributed by atoms with Crippen molar-refractivity contribution in [2.24, 2.45) is 0 Å². The number of hydrogen-bond donors (Lipinski definition) is 1. The Morgan fingerprint density at radius 2 is 1.96 bits per heavy atom. The van der Waals surface area contributed by atoms with Gasteiger partial charge in [0.25, 0.3) is 5.91 Å². The fraction of sp³-hybridized carbons (Fsp3) is 0.421.